The van der Waals surface area contributed by atoms with Crippen molar-refractivity contribution in [1.29, 1.82) is 0 Å². The molecule has 4 rings (SSSR count). The van der Waals surface area contributed by atoms with Crippen molar-refractivity contribution in [2.75, 3.05) is 21.3 Å². The Morgan fingerprint density at radius 3 is 2.18 bits per heavy atom. The lowest BCUT2D eigenvalue weighted by Gasteiger charge is -2.18. The molecule has 0 radical (unpaired) electrons. The van der Waals surface area contributed by atoms with Gasteiger partial charge in [0.25, 0.3) is 0 Å². The minimum absolute atomic E-state index is 0.0906. The van der Waals surface area contributed by atoms with Crippen LogP contribution in [0.25, 0.3) is 21.9 Å². The van der Waals surface area contributed by atoms with Crippen molar-refractivity contribution in [1.82, 2.24) is 4.98 Å². The van der Waals surface area contributed by atoms with E-state index in [0.29, 0.717) is 40.0 Å². The first-order valence-corrected chi connectivity index (χ1v) is 10.5. The number of pyridine rings is 1. The van der Waals surface area contributed by atoms with Gasteiger partial charge in [-0.1, -0.05) is 30.3 Å². The summed E-state index contributed by atoms with van der Waals surface area (Å²) < 4.78 is 21.7. The summed E-state index contributed by atoms with van der Waals surface area (Å²) >= 11 is 0. The van der Waals surface area contributed by atoms with Gasteiger partial charge in [0.15, 0.2) is 11.5 Å². The first-order valence-electron chi connectivity index (χ1n) is 10.5. The van der Waals surface area contributed by atoms with Gasteiger partial charge >= 0.3 is 11.9 Å². The van der Waals surface area contributed by atoms with Crippen LogP contribution in [0, 0.1) is 0 Å². The molecule has 34 heavy (non-hydrogen) atoms. The number of hydrogen-bond donors (Lipinski definition) is 0. The van der Waals surface area contributed by atoms with Crippen LogP contribution in [0.15, 0.2) is 73.1 Å². The molecule has 0 bridgehead atoms. The van der Waals surface area contributed by atoms with Gasteiger partial charge in [-0.3, -0.25) is 4.98 Å². The van der Waals surface area contributed by atoms with Gasteiger partial charge in [-0.15, -0.1) is 0 Å². The number of methoxy groups -OCH3 is 3. The Morgan fingerprint density at radius 2 is 1.53 bits per heavy atom. The maximum atomic E-state index is 12.9. The lowest BCUT2D eigenvalue weighted by atomic mass is 9.89. The molecule has 1 heterocycles. The molecule has 0 N–H and O–H groups in total. The molecule has 0 fully saturated rings. The van der Waals surface area contributed by atoms with Gasteiger partial charge in [0.2, 0.25) is 0 Å². The van der Waals surface area contributed by atoms with Crippen LogP contribution in [0.4, 0.5) is 0 Å². The van der Waals surface area contributed by atoms with Crippen molar-refractivity contribution >= 4 is 22.7 Å². The summed E-state index contributed by atoms with van der Waals surface area (Å²) in [5, 5.41) is 1.35. The highest BCUT2D eigenvalue weighted by molar-refractivity contribution is 6.15. The third-order valence-electron chi connectivity index (χ3n) is 5.43. The summed E-state index contributed by atoms with van der Waals surface area (Å²) in [5.41, 5.74) is 2.39. The van der Waals surface area contributed by atoms with Crippen molar-refractivity contribution in [3.05, 3.63) is 89.7 Å². The van der Waals surface area contributed by atoms with E-state index in [0.717, 1.165) is 5.56 Å². The third-order valence-corrected chi connectivity index (χ3v) is 5.43. The number of fused-ring (bicyclic) bond motifs is 1. The van der Waals surface area contributed by atoms with E-state index >= 15 is 0 Å². The molecule has 0 amide bonds. The molecule has 4 aromatic rings. The zero-order valence-electron chi connectivity index (χ0n) is 19.0. The molecule has 7 nitrogen and oxygen atoms in total. The van der Waals surface area contributed by atoms with Gasteiger partial charge in [-0.05, 0) is 52.2 Å². The van der Waals surface area contributed by atoms with E-state index in [1.54, 1.807) is 49.8 Å². The van der Waals surface area contributed by atoms with Crippen molar-refractivity contribution in [2.24, 2.45) is 0 Å². The summed E-state index contributed by atoms with van der Waals surface area (Å²) in [6.07, 6.45) is 3.23. The molecule has 0 saturated heterocycles. The maximum absolute atomic E-state index is 12.9. The topological polar surface area (TPSA) is 84.0 Å². The van der Waals surface area contributed by atoms with E-state index in [1.165, 1.54) is 14.2 Å². The van der Waals surface area contributed by atoms with Crippen molar-refractivity contribution < 1.29 is 28.5 Å². The molecule has 3 aromatic carbocycles. The largest absolute Gasteiger partial charge is 0.493 e. The molecule has 0 saturated carbocycles. The summed E-state index contributed by atoms with van der Waals surface area (Å²) in [4.78, 5) is 29.6. The van der Waals surface area contributed by atoms with E-state index in [1.807, 2.05) is 30.3 Å². The van der Waals surface area contributed by atoms with Crippen LogP contribution in [0.5, 0.6) is 11.5 Å². The molecular formula is C27H23NO6. The Bertz CT molecular complexity index is 1340. The Morgan fingerprint density at radius 1 is 0.824 bits per heavy atom. The van der Waals surface area contributed by atoms with E-state index in [2.05, 4.69) is 4.98 Å². The van der Waals surface area contributed by atoms with E-state index < -0.39 is 11.9 Å². The minimum Gasteiger partial charge on any atom is -0.493 e. The molecule has 1 aromatic heterocycles. The minimum atomic E-state index is -0.655. The van der Waals surface area contributed by atoms with Crippen LogP contribution in [0.2, 0.25) is 0 Å². The highest BCUT2D eigenvalue weighted by atomic mass is 16.5. The van der Waals surface area contributed by atoms with E-state index in [4.69, 9.17) is 18.9 Å². The van der Waals surface area contributed by atoms with Gasteiger partial charge < -0.3 is 18.9 Å². The summed E-state index contributed by atoms with van der Waals surface area (Å²) in [7, 11) is 4.08. The Hall–Kier alpha value is -4.39. The van der Waals surface area contributed by atoms with E-state index in [-0.39, 0.29) is 11.1 Å². The second kappa shape index (κ2) is 10.0. The van der Waals surface area contributed by atoms with Crippen LogP contribution in [-0.2, 0) is 16.1 Å². The number of benzene rings is 3. The number of nitrogens with zero attached hydrogens (tertiary/aromatic N) is 1. The molecule has 0 atom stereocenters. The van der Waals surface area contributed by atoms with Gasteiger partial charge in [-0.25, -0.2) is 9.59 Å². The van der Waals surface area contributed by atoms with Gasteiger partial charge in [0.1, 0.15) is 6.61 Å². The van der Waals surface area contributed by atoms with Crippen molar-refractivity contribution in [2.45, 2.75) is 6.61 Å². The van der Waals surface area contributed by atoms with Crippen LogP contribution in [0.1, 0.15) is 26.3 Å². The second-order valence-electron chi connectivity index (χ2n) is 7.39. The quantitative estimate of drug-likeness (QED) is 0.359. The van der Waals surface area contributed by atoms with E-state index in [9.17, 15) is 9.59 Å². The zero-order chi connectivity index (χ0) is 24.1. The predicted molar refractivity (Wildman–Crippen MR) is 127 cm³/mol. The number of esters is 2. The average Bonchev–Trinajstić information content (AvgIpc) is 2.90. The number of ether oxygens (including phenoxy) is 4. The molecule has 0 spiro atoms. The first-order chi connectivity index (χ1) is 16.6. The lowest BCUT2D eigenvalue weighted by molar-refractivity contribution is 0.0556. The second-order valence-corrected chi connectivity index (χ2v) is 7.39. The smallest absolute Gasteiger partial charge is 0.339 e. The predicted octanol–water partition coefficient (Wildman–Crippen LogP) is 5.06. The van der Waals surface area contributed by atoms with Crippen molar-refractivity contribution in [3.63, 3.8) is 0 Å². The fourth-order valence-corrected chi connectivity index (χ4v) is 3.82. The summed E-state index contributed by atoms with van der Waals surface area (Å²) in [6, 6.07) is 18.4. The molecule has 0 aliphatic carbocycles. The van der Waals surface area contributed by atoms with Crippen molar-refractivity contribution in [3.8, 4) is 22.6 Å². The normalized spacial score (nSPS) is 10.6. The molecule has 0 aliphatic rings. The highest BCUT2D eigenvalue weighted by Gasteiger charge is 2.27. The Labute approximate surface area is 196 Å². The monoisotopic (exact) mass is 457 g/mol. The van der Waals surface area contributed by atoms with Gasteiger partial charge in [0.05, 0.1) is 32.5 Å². The van der Waals surface area contributed by atoms with Crippen LogP contribution >= 0.6 is 0 Å². The standard InChI is InChI=1S/C27H23NO6/c1-31-22-15-20-19(14-23(22)34-16-17-7-5-4-6-8-17)13-21(26(29)32-2)25(27(30)33-3)24(20)18-9-11-28-12-10-18/h4-15H,16H2,1-3H3. The average molecular weight is 457 g/mol. The lowest BCUT2D eigenvalue weighted by Crippen LogP contribution is -2.14. The first kappa shape index (κ1) is 22.8. The van der Waals surface area contributed by atoms with Gasteiger partial charge in [0, 0.05) is 18.0 Å². The molecule has 0 unspecified atom stereocenters. The Balaban J connectivity index is 1.98. The van der Waals surface area contributed by atoms with Gasteiger partial charge in [-0.2, -0.15) is 0 Å². The third kappa shape index (κ3) is 4.41. The number of aromatic nitrogens is 1. The fraction of sp³-hybridized carbons (Fsp3) is 0.148. The zero-order valence-corrected chi connectivity index (χ0v) is 19.0. The Kier molecular flexibility index (Phi) is 6.73. The maximum Gasteiger partial charge on any atom is 0.339 e. The number of rotatable bonds is 7. The molecule has 7 heteroatoms. The fourth-order valence-electron chi connectivity index (χ4n) is 3.82. The number of carbonyl (C=O) groups excluding carboxylic acids is 2. The van der Waals surface area contributed by atoms with Crippen LogP contribution < -0.4 is 9.47 Å². The number of carbonyl (C=O) groups is 2. The van der Waals surface area contributed by atoms with Crippen LogP contribution in [-0.4, -0.2) is 38.3 Å². The van der Waals surface area contributed by atoms with Crippen LogP contribution in [0.3, 0.4) is 0 Å². The highest BCUT2D eigenvalue weighted by Crippen LogP contribution is 2.41. The summed E-state index contributed by atoms with van der Waals surface area (Å²) in [6.45, 7) is 0.337. The number of hydrogen-bond acceptors (Lipinski definition) is 7. The molecule has 172 valence electrons. The molecule has 0 aliphatic heterocycles. The molecular weight excluding hydrogens is 434 g/mol. The summed E-state index contributed by atoms with van der Waals surface area (Å²) in [5.74, 6) is -0.320. The SMILES string of the molecule is COC(=O)c1cc2cc(OCc3ccccc3)c(OC)cc2c(-c2ccncc2)c1C(=O)OC.